The van der Waals surface area contributed by atoms with Gasteiger partial charge in [-0.25, -0.2) is 0 Å². The molecule has 0 spiro atoms. The predicted molar refractivity (Wildman–Crippen MR) is 122 cm³/mol. The van der Waals surface area contributed by atoms with Crippen LogP contribution in [0.1, 0.15) is 64.8 Å². The molecule has 2 aliphatic carbocycles. The summed E-state index contributed by atoms with van der Waals surface area (Å²) in [5.74, 6) is 1.77. The Morgan fingerprint density at radius 1 is 1.18 bits per heavy atom. The minimum Gasteiger partial charge on any atom is -0.409 e. The number of fused-ring (bicyclic) bond motifs is 1. The van der Waals surface area contributed by atoms with Gasteiger partial charge in [0, 0.05) is 24.3 Å². The summed E-state index contributed by atoms with van der Waals surface area (Å²) in [5, 5.41) is 5.08. The van der Waals surface area contributed by atoms with Crippen molar-refractivity contribution in [2.24, 2.45) is 17.3 Å². The Hall–Kier alpha value is -0.133. The fraction of sp³-hybridized carbons (Fsp3) is 0.773. The topological polar surface area (TPSA) is 34.1 Å². The van der Waals surface area contributed by atoms with Crippen LogP contribution in [0, 0.1) is 24.2 Å². The molecule has 1 N–H and O–H groups in total. The van der Waals surface area contributed by atoms with E-state index in [0.717, 1.165) is 47.8 Å². The number of nitrogens with one attached hydrogen (secondary N) is 1. The highest BCUT2D eigenvalue weighted by Crippen LogP contribution is 2.66. The summed E-state index contributed by atoms with van der Waals surface area (Å²) < 4.78 is 6.91. The monoisotopic (exact) mass is 442 g/mol. The Kier molecular flexibility index (Phi) is 6.88. The van der Waals surface area contributed by atoms with Crippen molar-refractivity contribution in [3.05, 3.63) is 27.5 Å². The molecule has 1 heterocycles. The molecule has 3 rings (SSSR count). The average molecular weight is 444 g/mol. The van der Waals surface area contributed by atoms with Crippen LogP contribution in [0.4, 0.5) is 0 Å². The molecular weight excluding hydrogens is 407 g/mol. The van der Waals surface area contributed by atoms with E-state index < -0.39 is 8.32 Å². The van der Waals surface area contributed by atoms with E-state index in [4.69, 9.17) is 27.6 Å². The first kappa shape index (κ1) is 22.5. The Labute approximate surface area is 182 Å². The van der Waals surface area contributed by atoms with Gasteiger partial charge in [0.1, 0.15) is 0 Å². The molecule has 2 saturated carbocycles. The van der Waals surface area contributed by atoms with Gasteiger partial charge in [-0.1, -0.05) is 57.8 Å². The Morgan fingerprint density at radius 2 is 1.75 bits per heavy atom. The van der Waals surface area contributed by atoms with Crippen LogP contribution < -0.4 is 5.32 Å². The van der Waals surface area contributed by atoms with Crippen molar-refractivity contribution in [1.82, 2.24) is 10.3 Å². The lowest BCUT2D eigenvalue weighted by Gasteiger charge is -2.35. The molecule has 6 heteroatoms. The summed E-state index contributed by atoms with van der Waals surface area (Å²) in [7, 11) is -1.81. The maximum Gasteiger partial charge on any atom is 0.192 e. The fourth-order valence-electron chi connectivity index (χ4n) is 5.32. The van der Waals surface area contributed by atoms with Crippen LogP contribution in [0.2, 0.25) is 28.2 Å². The SMILES string of the molecule is CC[Si](CC)(CC)OC(CNC1C[C@@H]2[C@H](C1)C2(C)C)c1c(Cl)cnc(C)c1Cl. The van der Waals surface area contributed by atoms with Crippen molar-refractivity contribution < 1.29 is 4.43 Å². The minimum absolute atomic E-state index is 0.113. The molecule has 2 aliphatic rings. The molecule has 0 aliphatic heterocycles. The van der Waals surface area contributed by atoms with Crippen LogP contribution in [-0.4, -0.2) is 25.9 Å². The zero-order chi connectivity index (χ0) is 20.7. The van der Waals surface area contributed by atoms with Gasteiger partial charge in [0.05, 0.1) is 21.8 Å². The summed E-state index contributed by atoms with van der Waals surface area (Å²) in [4.78, 5) is 4.32. The summed E-state index contributed by atoms with van der Waals surface area (Å²) >= 11 is 13.3. The van der Waals surface area contributed by atoms with E-state index in [-0.39, 0.29) is 6.10 Å². The van der Waals surface area contributed by atoms with Crippen molar-refractivity contribution in [3.63, 3.8) is 0 Å². The number of hydrogen-bond donors (Lipinski definition) is 1. The number of nitrogens with zero attached hydrogens (tertiary/aromatic N) is 1. The summed E-state index contributed by atoms with van der Waals surface area (Å²) in [6.07, 6.45) is 4.16. The molecule has 158 valence electrons. The highest BCUT2D eigenvalue weighted by Gasteiger charge is 2.61. The van der Waals surface area contributed by atoms with Gasteiger partial charge in [-0.3, -0.25) is 4.98 Å². The number of hydrogen-bond acceptors (Lipinski definition) is 3. The number of rotatable bonds is 9. The first-order chi connectivity index (χ1) is 13.2. The molecule has 0 bridgehead atoms. The third-order valence-electron chi connectivity index (χ3n) is 7.79. The van der Waals surface area contributed by atoms with Crippen LogP contribution in [0.25, 0.3) is 0 Å². The lowest BCUT2D eigenvalue weighted by atomic mass is 9.97. The van der Waals surface area contributed by atoms with Gasteiger partial charge in [-0.2, -0.15) is 0 Å². The Morgan fingerprint density at radius 3 is 2.29 bits per heavy atom. The highest BCUT2D eigenvalue weighted by molar-refractivity contribution is 6.73. The van der Waals surface area contributed by atoms with Gasteiger partial charge in [-0.15, -0.1) is 0 Å². The molecule has 2 fully saturated rings. The second-order valence-corrected chi connectivity index (χ2v) is 14.9. The number of aryl methyl sites for hydroxylation is 1. The zero-order valence-electron chi connectivity index (χ0n) is 18.2. The zero-order valence-corrected chi connectivity index (χ0v) is 20.8. The van der Waals surface area contributed by atoms with Gasteiger partial charge >= 0.3 is 0 Å². The number of pyridine rings is 1. The van der Waals surface area contributed by atoms with E-state index in [1.165, 1.54) is 12.8 Å². The molecular formula is C22H36Cl2N2OSi. The van der Waals surface area contributed by atoms with Crippen molar-refractivity contribution >= 4 is 31.5 Å². The first-order valence-corrected chi connectivity index (χ1v) is 14.2. The van der Waals surface area contributed by atoms with E-state index in [0.29, 0.717) is 21.5 Å². The molecule has 0 aromatic carbocycles. The minimum atomic E-state index is -1.81. The van der Waals surface area contributed by atoms with Crippen molar-refractivity contribution in [2.45, 2.75) is 84.7 Å². The maximum absolute atomic E-state index is 6.91. The first-order valence-electron chi connectivity index (χ1n) is 10.9. The van der Waals surface area contributed by atoms with Crippen LogP contribution in [0.5, 0.6) is 0 Å². The highest BCUT2D eigenvalue weighted by atomic mass is 35.5. The third-order valence-corrected chi connectivity index (χ3v) is 13.2. The summed E-state index contributed by atoms with van der Waals surface area (Å²) in [6, 6.07) is 3.91. The summed E-state index contributed by atoms with van der Waals surface area (Å²) in [5.41, 5.74) is 2.28. The van der Waals surface area contributed by atoms with Crippen LogP contribution >= 0.6 is 23.2 Å². The second-order valence-electron chi connectivity index (χ2n) is 9.38. The van der Waals surface area contributed by atoms with E-state index in [2.05, 4.69) is 44.9 Å². The summed E-state index contributed by atoms with van der Waals surface area (Å²) in [6.45, 7) is 14.3. The molecule has 3 nitrogen and oxygen atoms in total. The molecule has 28 heavy (non-hydrogen) atoms. The lowest BCUT2D eigenvalue weighted by molar-refractivity contribution is 0.179. The smallest absolute Gasteiger partial charge is 0.192 e. The van der Waals surface area contributed by atoms with E-state index in [1.807, 2.05) is 6.92 Å². The van der Waals surface area contributed by atoms with Crippen LogP contribution in [-0.2, 0) is 4.43 Å². The molecule has 1 aromatic rings. The lowest BCUT2D eigenvalue weighted by Crippen LogP contribution is -2.41. The quantitative estimate of drug-likeness (QED) is 0.427. The van der Waals surface area contributed by atoms with Crippen LogP contribution in [0.15, 0.2) is 6.20 Å². The van der Waals surface area contributed by atoms with Gasteiger partial charge in [0.25, 0.3) is 0 Å². The third kappa shape index (κ3) is 4.18. The van der Waals surface area contributed by atoms with E-state index >= 15 is 0 Å². The standard InChI is InChI=1S/C22H36Cl2N2OSi/c1-7-28(8-2,9-3)27-19(20-18(23)12-25-14(4)21(20)24)13-26-15-10-16-17(11-15)22(16,5)6/h12,15-17,19,26H,7-11,13H2,1-6H3/t15?,16-,17+,19?. The molecule has 0 amide bonds. The fourth-order valence-corrected chi connectivity index (χ4v) is 8.71. The number of aromatic nitrogens is 1. The Balaban J connectivity index is 1.78. The molecule has 1 aromatic heterocycles. The second kappa shape index (κ2) is 8.54. The normalized spacial score (nSPS) is 26.9. The van der Waals surface area contributed by atoms with Gasteiger partial charge in [0.15, 0.2) is 8.32 Å². The van der Waals surface area contributed by atoms with Crippen molar-refractivity contribution in [1.29, 1.82) is 0 Å². The predicted octanol–water partition coefficient (Wildman–Crippen LogP) is 6.78. The van der Waals surface area contributed by atoms with Gasteiger partial charge < -0.3 is 9.74 Å². The van der Waals surface area contributed by atoms with Gasteiger partial charge in [0.2, 0.25) is 0 Å². The van der Waals surface area contributed by atoms with Crippen molar-refractivity contribution in [2.75, 3.05) is 6.54 Å². The molecule has 0 saturated heterocycles. The average Bonchev–Trinajstić information content (AvgIpc) is 3.01. The molecule has 0 radical (unpaired) electrons. The number of halogens is 2. The molecule has 4 atom stereocenters. The van der Waals surface area contributed by atoms with E-state index in [9.17, 15) is 0 Å². The maximum atomic E-state index is 6.91. The van der Waals surface area contributed by atoms with Crippen LogP contribution in [0.3, 0.4) is 0 Å². The van der Waals surface area contributed by atoms with Gasteiger partial charge in [-0.05, 0) is 55.1 Å². The Bertz CT molecular complexity index is 686. The molecule has 2 unspecified atom stereocenters. The van der Waals surface area contributed by atoms with Crippen molar-refractivity contribution in [3.8, 4) is 0 Å². The largest absolute Gasteiger partial charge is 0.409 e. The van der Waals surface area contributed by atoms with E-state index in [1.54, 1.807) is 6.20 Å².